The number of nitriles is 1. The Kier molecular flexibility index (Phi) is 4.38. The summed E-state index contributed by atoms with van der Waals surface area (Å²) >= 11 is 0. The van der Waals surface area contributed by atoms with E-state index in [0.29, 0.717) is 24.1 Å². The number of nitrogens with one attached hydrogen (secondary N) is 1. The van der Waals surface area contributed by atoms with Gasteiger partial charge in [0.15, 0.2) is 0 Å². The van der Waals surface area contributed by atoms with E-state index in [4.69, 9.17) is 10.00 Å². The average molecular weight is 289 g/mol. The second-order valence-electron chi connectivity index (χ2n) is 4.98. The van der Waals surface area contributed by atoms with Gasteiger partial charge in [0.2, 0.25) is 0 Å². The molecule has 0 unspecified atom stereocenters. The van der Waals surface area contributed by atoms with E-state index in [2.05, 4.69) is 5.32 Å². The van der Waals surface area contributed by atoms with Gasteiger partial charge in [-0.1, -0.05) is 0 Å². The molecule has 110 valence electrons. The van der Waals surface area contributed by atoms with Crippen LogP contribution in [-0.2, 0) is 9.53 Å². The second kappa shape index (κ2) is 6.22. The summed E-state index contributed by atoms with van der Waals surface area (Å²) in [7, 11) is 1.35. The fourth-order valence-corrected chi connectivity index (χ4v) is 2.59. The Labute approximate surface area is 121 Å². The SMILES string of the molecule is COC(=O)[C@H]1CC[C@@H](Nc2cc(C#N)ccc2[N+](=O)[O-])C1. The van der Waals surface area contributed by atoms with E-state index in [1.807, 2.05) is 6.07 Å². The zero-order valence-corrected chi connectivity index (χ0v) is 11.5. The van der Waals surface area contributed by atoms with E-state index >= 15 is 0 Å². The molecular weight excluding hydrogens is 274 g/mol. The summed E-state index contributed by atoms with van der Waals surface area (Å²) in [5, 5.41) is 23.0. The van der Waals surface area contributed by atoms with Gasteiger partial charge in [-0.05, 0) is 31.4 Å². The zero-order valence-electron chi connectivity index (χ0n) is 11.5. The predicted octanol–water partition coefficient (Wildman–Crippen LogP) is 2.22. The Morgan fingerprint density at radius 3 is 2.90 bits per heavy atom. The lowest BCUT2D eigenvalue weighted by atomic mass is 10.1. The molecule has 7 heteroatoms. The van der Waals surface area contributed by atoms with Gasteiger partial charge in [0, 0.05) is 12.1 Å². The molecule has 2 atom stereocenters. The molecular formula is C14H15N3O4. The quantitative estimate of drug-likeness (QED) is 0.517. The Bertz CT molecular complexity index is 609. The number of ether oxygens (including phenoxy) is 1. The highest BCUT2D eigenvalue weighted by molar-refractivity contribution is 5.73. The Balaban J connectivity index is 2.15. The molecule has 2 rings (SSSR count). The number of hydrogen-bond acceptors (Lipinski definition) is 6. The molecule has 1 saturated carbocycles. The highest BCUT2D eigenvalue weighted by Gasteiger charge is 2.31. The average Bonchev–Trinajstić information content (AvgIpc) is 2.94. The first-order valence-corrected chi connectivity index (χ1v) is 6.58. The minimum Gasteiger partial charge on any atom is -0.469 e. The van der Waals surface area contributed by atoms with Crippen molar-refractivity contribution in [3.8, 4) is 6.07 Å². The highest BCUT2D eigenvalue weighted by atomic mass is 16.6. The third-order valence-electron chi connectivity index (χ3n) is 3.65. The number of nitrogens with zero attached hydrogens (tertiary/aromatic N) is 2. The molecule has 0 bridgehead atoms. The van der Waals surface area contributed by atoms with E-state index in [1.54, 1.807) is 0 Å². The molecule has 1 aliphatic rings. The first-order chi connectivity index (χ1) is 10.0. The molecule has 0 saturated heterocycles. The minimum absolute atomic E-state index is 0.0401. The lowest BCUT2D eigenvalue weighted by Gasteiger charge is -2.14. The number of rotatable bonds is 4. The van der Waals surface area contributed by atoms with Crippen LogP contribution in [0.25, 0.3) is 0 Å². The van der Waals surface area contributed by atoms with Crippen molar-refractivity contribution in [3.05, 3.63) is 33.9 Å². The topological polar surface area (TPSA) is 105 Å². The maximum Gasteiger partial charge on any atom is 0.308 e. The van der Waals surface area contributed by atoms with Crippen LogP contribution in [0.5, 0.6) is 0 Å². The standard InChI is InChI=1S/C14H15N3O4/c1-21-14(18)10-3-4-11(7-10)16-12-6-9(8-15)2-5-13(12)17(19)20/h2,5-6,10-11,16H,3-4,7H2,1H3/t10-,11+/m0/s1. The van der Waals surface area contributed by atoms with Crippen molar-refractivity contribution in [2.24, 2.45) is 5.92 Å². The molecule has 0 aromatic heterocycles. The lowest BCUT2D eigenvalue weighted by molar-refractivity contribution is -0.384. The molecule has 1 aromatic rings. The van der Waals surface area contributed by atoms with Crippen molar-refractivity contribution in [1.82, 2.24) is 0 Å². The Morgan fingerprint density at radius 2 is 2.29 bits per heavy atom. The maximum absolute atomic E-state index is 11.5. The van der Waals surface area contributed by atoms with Gasteiger partial charge in [-0.15, -0.1) is 0 Å². The van der Waals surface area contributed by atoms with Gasteiger partial charge >= 0.3 is 5.97 Å². The summed E-state index contributed by atoms with van der Waals surface area (Å²) in [5.74, 6) is -0.426. The van der Waals surface area contributed by atoms with E-state index in [1.165, 1.54) is 25.3 Å². The highest BCUT2D eigenvalue weighted by Crippen LogP contribution is 2.32. The van der Waals surface area contributed by atoms with E-state index in [-0.39, 0.29) is 23.6 Å². The van der Waals surface area contributed by atoms with E-state index in [9.17, 15) is 14.9 Å². The molecule has 1 fully saturated rings. The van der Waals surface area contributed by atoms with Gasteiger partial charge in [0.05, 0.1) is 29.6 Å². The number of hydrogen-bond donors (Lipinski definition) is 1. The number of methoxy groups -OCH3 is 1. The predicted molar refractivity (Wildman–Crippen MR) is 74.6 cm³/mol. The van der Waals surface area contributed by atoms with Crippen LogP contribution >= 0.6 is 0 Å². The van der Waals surface area contributed by atoms with Crippen molar-refractivity contribution in [3.63, 3.8) is 0 Å². The smallest absolute Gasteiger partial charge is 0.308 e. The van der Waals surface area contributed by atoms with E-state index < -0.39 is 4.92 Å². The van der Waals surface area contributed by atoms with Crippen molar-refractivity contribution in [2.75, 3.05) is 12.4 Å². The molecule has 0 spiro atoms. The van der Waals surface area contributed by atoms with Gasteiger partial charge in [0.1, 0.15) is 5.69 Å². The van der Waals surface area contributed by atoms with Gasteiger partial charge in [-0.25, -0.2) is 0 Å². The Hall–Kier alpha value is -2.62. The molecule has 0 radical (unpaired) electrons. The minimum atomic E-state index is -0.490. The summed E-state index contributed by atoms with van der Waals surface area (Å²) in [4.78, 5) is 22.0. The van der Waals surface area contributed by atoms with Crippen LogP contribution in [-0.4, -0.2) is 24.0 Å². The summed E-state index contributed by atoms with van der Waals surface area (Å²) in [5.41, 5.74) is 0.593. The number of carbonyl (C=O) groups excluding carboxylic acids is 1. The molecule has 1 aliphatic carbocycles. The van der Waals surface area contributed by atoms with Crippen LogP contribution in [0, 0.1) is 27.4 Å². The largest absolute Gasteiger partial charge is 0.469 e. The molecule has 1 aromatic carbocycles. The summed E-state index contributed by atoms with van der Waals surface area (Å²) in [6.07, 6.45) is 1.99. The van der Waals surface area contributed by atoms with Crippen molar-refractivity contribution in [1.29, 1.82) is 5.26 Å². The van der Waals surface area contributed by atoms with E-state index in [0.717, 1.165) is 6.42 Å². The van der Waals surface area contributed by atoms with Crippen LogP contribution in [0.15, 0.2) is 18.2 Å². The first kappa shape index (κ1) is 14.8. The summed E-state index contributed by atoms with van der Waals surface area (Å²) in [6.45, 7) is 0. The summed E-state index contributed by atoms with van der Waals surface area (Å²) < 4.78 is 4.71. The fourth-order valence-electron chi connectivity index (χ4n) is 2.59. The van der Waals surface area contributed by atoms with Crippen molar-refractivity contribution in [2.45, 2.75) is 25.3 Å². The number of benzene rings is 1. The Morgan fingerprint density at radius 1 is 1.52 bits per heavy atom. The maximum atomic E-state index is 11.5. The number of nitro benzene ring substituents is 1. The summed E-state index contributed by atoms with van der Waals surface area (Å²) in [6, 6.07) is 6.10. The lowest BCUT2D eigenvalue weighted by Crippen LogP contribution is -2.19. The monoisotopic (exact) mass is 289 g/mol. The molecule has 21 heavy (non-hydrogen) atoms. The van der Waals surface area contributed by atoms with Crippen molar-refractivity contribution < 1.29 is 14.5 Å². The van der Waals surface area contributed by atoms with Crippen LogP contribution < -0.4 is 5.32 Å². The number of nitro groups is 1. The number of anilines is 1. The molecule has 7 nitrogen and oxygen atoms in total. The first-order valence-electron chi connectivity index (χ1n) is 6.58. The van der Waals surface area contributed by atoms with Gasteiger partial charge in [-0.2, -0.15) is 5.26 Å². The van der Waals surface area contributed by atoms with Crippen LogP contribution in [0.3, 0.4) is 0 Å². The third-order valence-corrected chi connectivity index (χ3v) is 3.65. The van der Waals surface area contributed by atoms with Crippen LogP contribution in [0.4, 0.5) is 11.4 Å². The molecule has 0 aliphatic heterocycles. The second-order valence-corrected chi connectivity index (χ2v) is 4.98. The van der Waals surface area contributed by atoms with Gasteiger partial charge in [0.25, 0.3) is 5.69 Å². The molecule has 0 heterocycles. The zero-order chi connectivity index (χ0) is 15.4. The fraction of sp³-hybridized carbons (Fsp3) is 0.429. The van der Waals surface area contributed by atoms with Crippen LogP contribution in [0.1, 0.15) is 24.8 Å². The molecule has 0 amide bonds. The third kappa shape index (κ3) is 3.28. The number of esters is 1. The number of carbonyl (C=O) groups is 1. The molecule has 1 N–H and O–H groups in total. The van der Waals surface area contributed by atoms with Gasteiger partial charge in [-0.3, -0.25) is 14.9 Å². The van der Waals surface area contributed by atoms with Crippen molar-refractivity contribution >= 4 is 17.3 Å². The van der Waals surface area contributed by atoms with Gasteiger partial charge < -0.3 is 10.1 Å². The van der Waals surface area contributed by atoms with Crippen LogP contribution in [0.2, 0.25) is 0 Å². The normalized spacial score (nSPS) is 20.6.